The molecule has 1 heterocycles. The lowest BCUT2D eigenvalue weighted by Crippen LogP contribution is -2.44. The van der Waals surface area contributed by atoms with E-state index in [1.54, 1.807) is 6.07 Å². The van der Waals surface area contributed by atoms with E-state index in [4.69, 9.17) is 5.11 Å². The first-order chi connectivity index (χ1) is 9.52. The molecule has 2 aromatic rings. The van der Waals surface area contributed by atoms with E-state index in [2.05, 4.69) is 5.32 Å². The smallest absolute Gasteiger partial charge is 0.251 e. The Hall–Kier alpha value is -2.07. The summed E-state index contributed by atoms with van der Waals surface area (Å²) in [6.45, 7) is 3.85. The fourth-order valence-electron chi connectivity index (χ4n) is 2.04. The number of hydrogen-bond acceptors (Lipinski definition) is 2. The number of carbonyl (C=O) groups excluding carboxylic acids is 1. The van der Waals surface area contributed by atoms with Gasteiger partial charge in [-0.3, -0.25) is 4.79 Å². The lowest BCUT2D eigenvalue weighted by Gasteiger charge is -2.25. The zero-order chi connectivity index (χ0) is 14.6. The molecule has 0 saturated carbocycles. The molecule has 0 bridgehead atoms. The van der Waals surface area contributed by atoms with E-state index in [1.807, 2.05) is 61.1 Å². The Bertz CT molecular complexity index is 574. The Morgan fingerprint density at radius 3 is 2.60 bits per heavy atom. The number of amides is 1. The highest BCUT2D eigenvalue weighted by Gasteiger charge is 2.20. The summed E-state index contributed by atoms with van der Waals surface area (Å²) >= 11 is 0. The zero-order valence-corrected chi connectivity index (χ0v) is 11.8. The van der Waals surface area contributed by atoms with Crippen molar-refractivity contribution in [2.45, 2.75) is 25.8 Å². The van der Waals surface area contributed by atoms with Crippen LogP contribution in [-0.2, 0) is 0 Å². The van der Waals surface area contributed by atoms with Crippen LogP contribution >= 0.6 is 0 Å². The largest absolute Gasteiger partial charge is 0.396 e. The van der Waals surface area contributed by atoms with E-state index in [0.29, 0.717) is 12.0 Å². The van der Waals surface area contributed by atoms with Crippen LogP contribution in [-0.4, -0.2) is 27.7 Å². The van der Waals surface area contributed by atoms with Gasteiger partial charge in [-0.05, 0) is 50.6 Å². The maximum atomic E-state index is 12.3. The van der Waals surface area contributed by atoms with Gasteiger partial charge in [0.25, 0.3) is 5.91 Å². The molecule has 0 aliphatic heterocycles. The highest BCUT2D eigenvalue weighted by Crippen LogP contribution is 2.13. The van der Waals surface area contributed by atoms with Gasteiger partial charge in [-0.15, -0.1) is 0 Å². The number of nitrogens with one attached hydrogen (secondary N) is 1. The fraction of sp³-hybridized carbons (Fsp3) is 0.312. The van der Waals surface area contributed by atoms with Crippen LogP contribution in [0.15, 0.2) is 48.8 Å². The molecule has 0 fully saturated rings. The van der Waals surface area contributed by atoms with Gasteiger partial charge in [0.05, 0.1) is 0 Å². The molecule has 1 aromatic carbocycles. The molecule has 1 aromatic heterocycles. The second kappa shape index (κ2) is 5.92. The number of aliphatic hydroxyl groups is 1. The number of aromatic nitrogens is 1. The first-order valence-electron chi connectivity index (χ1n) is 6.69. The lowest BCUT2D eigenvalue weighted by atomic mass is 10.0. The average molecular weight is 272 g/mol. The zero-order valence-electron chi connectivity index (χ0n) is 11.8. The molecule has 4 heteroatoms. The first kappa shape index (κ1) is 14.3. The Balaban J connectivity index is 2.17. The first-order valence-corrected chi connectivity index (χ1v) is 6.69. The molecule has 2 rings (SSSR count). The summed E-state index contributed by atoms with van der Waals surface area (Å²) < 4.78 is 1.95. The Morgan fingerprint density at radius 1 is 1.25 bits per heavy atom. The second-order valence-electron chi connectivity index (χ2n) is 5.45. The third kappa shape index (κ3) is 3.48. The van der Waals surface area contributed by atoms with Crippen molar-refractivity contribution in [3.05, 3.63) is 54.4 Å². The minimum absolute atomic E-state index is 0.0523. The summed E-state index contributed by atoms with van der Waals surface area (Å²) in [6.07, 6.45) is 4.40. The van der Waals surface area contributed by atoms with Gasteiger partial charge in [-0.1, -0.05) is 6.07 Å². The van der Waals surface area contributed by atoms with Crippen LogP contribution in [0.1, 0.15) is 30.6 Å². The third-order valence-corrected chi connectivity index (χ3v) is 3.20. The van der Waals surface area contributed by atoms with Crippen molar-refractivity contribution < 1.29 is 9.90 Å². The van der Waals surface area contributed by atoms with E-state index in [-0.39, 0.29) is 12.5 Å². The molecule has 0 aliphatic rings. The monoisotopic (exact) mass is 272 g/mol. The Labute approximate surface area is 119 Å². The van der Waals surface area contributed by atoms with Gasteiger partial charge in [0.2, 0.25) is 0 Å². The van der Waals surface area contributed by atoms with Gasteiger partial charge in [0, 0.05) is 35.8 Å². The number of nitrogens with zero attached hydrogens (tertiary/aromatic N) is 1. The molecule has 0 unspecified atom stereocenters. The van der Waals surface area contributed by atoms with Crippen molar-refractivity contribution in [2.24, 2.45) is 0 Å². The maximum Gasteiger partial charge on any atom is 0.251 e. The van der Waals surface area contributed by atoms with Gasteiger partial charge in [-0.2, -0.15) is 0 Å². The van der Waals surface area contributed by atoms with E-state index in [0.717, 1.165) is 5.69 Å². The van der Waals surface area contributed by atoms with Crippen molar-refractivity contribution >= 4 is 5.91 Å². The highest BCUT2D eigenvalue weighted by molar-refractivity contribution is 5.95. The maximum absolute atomic E-state index is 12.3. The predicted octanol–water partition coefficient (Wildman–Crippen LogP) is 2.37. The SMILES string of the molecule is CC(C)(CCO)NC(=O)c1cccc(-n2cccc2)c1. The summed E-state index contributed by atoms with van der Waals surface area (Å²) in [5.74, 6) is -0.127. The summed E-state index contributed by atoms with van der Waals surface area (Å²) in [6, 6.07) is 11.3. The summed E-state index contributed by atoms with van der Waals surface area (Å²) in [4.78, 5) is 12.3. The van der Waals surface area contributed by atoms with Crippen LogP contribution in [0.4, 0.5) is 0 Å². The molecule has 2 N–H and O–H groups in total. The van der Waals surface area contributed by atoms with E-state index >= 15 is 0 Å². The van der Waals surface area contributed by atoms with Crippen molar-refractivity contribution in [1.82, 2.24) is 9.88 Å². The normalized spacial score (nSPS) is 11.3. The summed E-state index contributed by atoms with van der Waals surface area (Å²) in [5.41, 5.74) is 1.14. The van der Waals surface area contributed by atoms with Crippen LogP contribution in [0.25, 0.3) is 5.69 Å². The number of rotatable bonds is 5. The van der Waals surface area contributed by atoms with Gasteiger partial charge in [0.1, 0.15) is 0 Å². The molecule has 106 valence electrons. The molecule has 0 atom stereocenters. The molecular formula is C16H20N2O2. The minimum atomic E-state index is -0.421. The minimum Gasteiger partial charge on any atom is -0.396 e. The molecule has 0 saturated heterocycles. The van der Waals surface area contributed by atoms with Crippen molar-refractivity contribution in [3.63, 3.8) is 0 Å². The van der Waals surface area contributed by atoms with Crippen LogP contribution in [0.3, 0.4) is 0 Å². The standard InChI is InChI=1S/C16H20N2O2/c1-16(2,8-11-19)17-15(20)13-6-5-7-14(12-13)18-9-3-4-10-18/h3-7,9-10,12,19H,8,11H2,1-2H3,(H,17,20). The highest BCUT2D eigenvalue weighted by atomic mass is 16.3. The lowest BCUT2D eigenvalue weighted by molar-refractivity contribution is 0.0899. The van der Waals surface area contributed by atoms with Crippen molar-refractivity contribution in [3.8, 4) is 5.69 Å². The third-order valence-electron chi connectivity index (χ3n) is 3.20. The van der Waals surface area contributed by atoms with E-state index < -0.39 is 5.54 Å². The van der Waals surface area contributed by atoms with Crippen LogP contribution < -0.4 is 5.32 Å². The number of benzene rings is 1. The average Bonchev–Trinajstić information content (AvgIpc) is 2.92. The number of carbonyl (C=O) groups is 1. The second-order valence-corrected chi connectivity index (χ2v) is 5.45. The van der Waals surface area contributed by atoms with Gasteiger partial charge in [0.15, 0.2) is 0 Å². The molecule has 1 amide bonds. The molecule has 0 radical (unpaired) electrons. The number of hydrogen-bond donors (Lipinski definition) is 2. The molecule has 4 nitrogen and oxygen atoms in total. The topological polar surface area (TPSA) is 54.3 Å². The molecule has 0 aliphatic carbocycles. The Morgan fingerprint density at radius 2 is 1.95 bits per heavy atom. The number of aliphatic hydroxyl groups excluding tert-OH is 1. The van der Waals surface area contributed by atoms with Gasteiger partial charge >= 0.3 is 0 Å². The van der Waals surface area contributed by atoms with E-state index in [1.165, 1.54) is 0 Å². The van der Waals surface area contributed by atoms with Crippen LogP contribution in [0.2, 0.25) is 0 Å². The van der Waals surface area contributed by atoms with E-state index in [9.17, 15) is 4.79 Å². The molecular weight excluding hydrogens is 252 g/mol. The summed E-state index contributed by atoms with van der Waals surface area (Å²) in [5, 5.41) is 11.9. The van der Waals surface area contributed by atoms with Crippen molar-refractivity contribution in [2.75, 3.05) is 6.61 Å². The Kier molecular flexibility index (Phi) is 4.25. The van der Waals surface area contributed by atoms with Gasteiger partial charge in [-0.25, -0.2) is 0 Å². The fourth-order valence-corrected chi connectivity index (χ4v) is 2.04. The predicted molar refractivity (Wildman–Crippen MR) is 79.0 cm³/mol. The van der Waals surface area contributed by atoms with Crippen LogP contribution in [0.5, 0.6) is 0 Å². The molecule has 20 heavy (non-hydrogen) atoms. The van der Waals surface area contributed by atoms with Gasteiger partial charge < -0.3 is 15.0 Å². The quantitative estimate of drug-likeness (QED) is 0.878. The molecule has 0 spiro atoms. The van der Waals surface area contributed by atoms with Crippen LogP contribution in [0, 0.1) is 0 Å². The summed E-state index contributed by atoms with van der Waals surface area (Å²) in [7, 11) is 0. The van der Waals surface area contributed by atoms with Crippen molar-refractivity contribution in [1.29, 1.82) is 0 Å².